The lowest BCUT2D eigenvalue weighted by atomic mass is 9.84. The molecule has 2 aromatic rings. The normalized spacial score (nSPS) is 13.5. The molecule has 1 N–H and O–H groups in total. The summed E-state index contributed by atoms with van der Waals surface area (Å²) in [7, 11) is 3.07. The molecule has 1 amide bonds. The third kappa shape index (κ3) is 8.22. The van der Waals surface area contributed by atoms with E-state index in [0.29, 0.717) is 18.5 Å². The van der Waals surface area contributed by atoms with Crippen LogP contribution < -0.4 is 5.32 Å². The SMILES string of the molecule is COC(=O)c1cccc(CN(C)C(=NC(C=O)(CC(C)C)c2ccccc2)NC(=O)OC(C)(C)C)c1. The number of amides is 1. The van der Waals surface area contributed by atoms with Crippen LogP contribution in [-0.4, -0.2) is 49.0 Å². The number of hydrogen-bond donors (Lipinski definition) is 1. The van der Waals surface area contributed by atoms with E-state index in [1.165, 1.54) is 7.11 Å². The first kappa shape index (κ1) is 28.6. The van der Waals surface area contributed by atoms with E-state index in [1.807, 2.05) is 50.2 Å². The van der Waals surface area contributed by atoms with Crippen molar-refractivity contribution in [1.29, 1.82) is 0 Å². The molecular formula is C28H37N3O5. The van der Waals surface area contributed by atoms with Gasteiger partial charge in [-0.1, -0.05) is 56.3 Å². The highest BCUT2D eigenvalue weighted by atomic mass is 16.6. The van der Waals surface area contributed by atoms with Gasteiger partial charge in [-0.25, -0.2) is 14.6 Å². The summed E-state index contributed by atoms with van der Waals surface area (Å²) < 4.78 is 10.3. The van der Waals surface area contributed by atoms with Crippen LogP contribution in [0.3, 0.4) is 0 Å². The van der Waals surface area contributed by atoms with E-state index in [9.17, 15) is 14.4 Å². The van der Waals surface area contributed by atoms with Crippen molar-refractivity contribution >= 4 is 24.3 Å². The lowest BCUT2D eigenvalue weighted by molar-refractivity contribution is -0.113. The molecule has 1 unspecified atom stereocenters. The lowest BCUT2D eigenvalue weighted by Gasteiger charge is -2.31. The molecule has 0 saturated heterocycles. The molecule has 0 saturated carbocycles. The number of benzene rings is 2. The standard InChI is InChI=1S/C28H37N3O5/c1-20(2)17-28(19-32,23-14-9-8-10-15-23)30-25(29-26(34)36-27(3,4)5)31(6)18-21-12-11-13-22(16-21)24(33)35-7/h8-16,19-20H,17-18H2,1-7H3,(H,29,30,34). The Kier molecular flexibility index (Phi) is 9.78. The van der Waals surface area contributed by atoms with Gasteiger partial charge in [0.1, 0.15) is 11.1 Å². The summed E-state index contributed by atoms with van der Waals surface area (Å²) >= 11 is 0. The van der Waals surface area contributed by atoms with Gasteiger partial charge in [-0.05, 0) is 56.4 Å². The number of esters is 1. The number of guanidine groups is 1. The number of nitrogens with zero attached hydrogens (tertiary/aromatic N) is 2. The maximum Gasteiger partial charge on any atom is 0.414 e. The number of aldehydes is 1. The fourth-order valence-corrected chi connectivity index (χ4v) is 3.78. The second-order valence-electron chi connectivity index (χ2n) is 10.1. The van der Waals surface area contributed by atoms with E-state index >= 15 is 0 Å². The van der Waals surface area contributed by atoms with Crippen molar-refractivity contribution in [2.24, 2.45) is 10.9 Å². The number of hydrogen-bond acceptors (Lipinski definition) is 6. The highest BCUT2D eigenvalue weighted by Crippen LogP contribution is 2.31. The summed E-state index contributed by atoms with van der Waals surface area (Å²) in [6.45, 7) is 9.63. The fraction of sp³-hybridized carbons (Fsp3) is 0.429. The molecule has 194 valence electrons. The Hall–Kier alpha value is -3.68. The smallest absolute Gasteiger partial charge is 0.414 e. The van der Waals surface area contributed by atoms with Crippen molar-refractivity contribution in [3.05, 3.63) is 71.3 Å². The zero-order chi connectivity index (χ0) is 26.9. The number of carbonyl (C=O) groups excluding carboxylic acids is 3. The van der Waals surface area contributed by atoms with Gasteiger partial charge in [0.15, 0.2) is 6.29 Å². The van der Waals surface area contributed by atoms with Gasteiger partial charge >= 0.3 is 12.1 Å². The number of rotatable bonds is 8. The van der Waals surface area contributed by atoms with Crippen LogP contribution >= 0.6 is 0 Å². The van der Waals surface area contributed by atoms with E-state index < -0.39 is 23.2 Å². The Labute approximate surface area is 213 Å². The van der Waals surface area contributed by atoms with E-state index in [0.717, 1.165) is 17.4 Å². The third-order valence-electron chi connectivity index (χ3n) is 5.24. The first-order chi connectivity index (χ1) is 16.9. The van der Waals surface area contributed by atoms with Crippen molar-refractivity contribution in [2.45, 2.75) is 58.7 Å². The number of nitrogens with one attached hydrogen (secondary N) is 1. The first-order valence-corrected chi connectivity index (χ1v) is 11.9. The molecule has 0 radical (unpaired) electrons. The maximum absolute atomic E-state index is 12.8. The van der Waals surface area contributed by atoms with E-state index in [4.69, 9.17) is 14.5 Å². The molecule has 0 heterocycles. The Morgan fingerprint density at radius 2 is 1.75 bits per heavy atom. The Bertz CT molecular complexity index is 1080. The van der Waals surface area contributed by atoms with Gasteiger partial charge in [0.25, 0.3) is 0 Å². The molecule has 36 heavy (non-hydrogen) atoms. The molecule has 0 spiro atoms. The van der Waals surface area contributed by atoms with Crippen LogP contribution in [0.2, 0.25) is 0 Å². The molecule has 0 aromatic heterocycles. The Morgan fingerprint density at radius 1 is 1.08 bits per heavy atom. The van der Waals surface area contributed by atoms with E-state index in [1.54, 1.807) is 50.9 Å². The van der Waals surface area contributed by atoms with Crippen LogP contribution in [0.15, 0.2) is 59.6 Å². The summed E-state index contributed by atoms with van der Waals surface area (Å²) in [6.07, 6.45) is 0.574. The number of methoxy groups -OCH3 is 1. The highest BCUT2D eigenvalue weighted by Gasteiger charge is 2.34. The van der Waals surface area contributed by atoms with Crippen LogP contribution in [0.4, 0.5) is 4.79 Å². The molecule has 0 aliphatic heterocycles. The topological polar surface area (TPSA) is 97.3 Å². The molecule has 8 nitrogen and oxygen atoms in total. The van der Waals surface area contributed by atoms with Gasteiger partial charge in [-0.2, -0.15) is 0 Å². The fourth-order valence-electron chi connectivity index (χ4n) is 3.78. The summed E-state index contributed by atoms with van der Waals surface area (Å²) in [6, 6.07) is 16.3. The summed E-state index contributed by atoms with van der Waals surface area (Å²) in [5.41, 5.74) is -0.0187. The van der Waals surface area contributed by atoms with Gasteiger partial charge in [0.05, 0.1) is 12.7 Å². The summed E-state index contributed by atoms with van der Waals surface area (Å²) in [5, 5.41) is 2.74. The highest BCUT2D eigenvalue weighted by molar-refractivity contribution is 5.95. The molecular weight excluding hydrogens is 458 g/mol. The number of ether oxygens (including phenoxy) is 2. The van der Waals surface area contributed by atoms with Gasteiger partial charge in [0, 0.05) is 13.6 Å². The summed E-state index contributed by atoms with van der Waals surface area (Å²) in [4.78, 5) is 43.9. The van der Waals surface area contributed by atoms with Crippen molar-refractivity contribution in [2.75, 3.05) is 14.2 Å². The van der Waals surface area contributed by atoms with Crippen LogP contribution in [0.5, 0.6) is 0 Å². The number of carbonyl (C=O) groups is 3. The quantitative estimate of drug-likeness (QED) is 0.241. The minimum atomic E-state index is -1.22. The largest absolute Gasteiger partial charge is 0.465 e. The first-order valence-electron chi connectivity index (χ1n) is 11.9. The second-order valence-corrected chi connectivity index (χ2v) is 10.1. The Morgan fingerprint density at radius 3 is 2.31 bits per heavy atom. The van der Waals surface area contributed by atoms with Gasteiger partial charge < -0.3 is 19.2 Å². The third-order valence-corrected chi connectivity index (χ3v) is 5.24. The van der Waals surface area contributed by atoms with E-state index in [2.05, 4.69) is 5.32 Å². The van der Waals surface area contributed by atoms with Crippen LogP contribution in [0, 0.1) is 5.92 Å². The van der Waals surface area contributed by atoms with Gasteiger partial charge in [-0.15, -0.1) is 0 Å². The Balaban J connectivity index is 2.54. The molecule has 0 aliphatic carbocycles. The maximum atomic E-state index is 12.8. The van der Waals surface area contributed by atoms with Crippen molar-refractivity contribution in [3.8, 4) is 0 Å². The van der Waals surface area contributed by atoms with Gasteiger partial charge in [0.2, 0.25) is 5.96 Å². The minimum Gasteiger partial charge on any atom is -0.465 e. The predicted molar refractivity (Wildman–Crippen MR) is 140 cm³/mol. The minimum absolute atomic E-state index is 0.143. The molecule has 8 heteroatoms. The molecule has 2 aromatic carbocycles. The zero-order valence-corrected chi connectivity index (χ0v) is 22.2. The molecule has 0 fully saturated rings. The van der Waals surface area contributed by atoms with Crippen molar-refractivity contribution in [1.82, 2.24) is 10.2 Å². The monoisotopic (exact) mass is 495 g/mol. The molecule has 2 rings (SSSR count). The predicted octanol–water partition coefficient (Wildman–Crippen LogP) is 4.93. The molecule has 1 atom stereocenters. The van der Waals surface area contributed by atoms with Crippen LogP contribution in [-0.2, 0) is 26.4 Å². The van der Waals surface area contributed by atoms with Gasteiger partial charge in [-0.3, -0.25) is 5.32 Å². The number of alkyl carbamates (subject to hydrolysis) is 1. The van der Waals surface area contributed by atoms with Crippen LogP contribution in [0.25, 0.3) is 0 Å². The second kappa shape index (κ2) is 12.3. The average molecular weight is 496 g/mol. The zero-order valence-electron chi connectivity index (χ0n) is 22.2. The number of aliphatic imine (C=N–C) groups is 1. The van der Waals surface area contributed by atoms with E-state index in [-0.39, 0.29) is 11.9 Å². The van der Waals surface area contributed by atoms with Crippen molar-refractivity contribution < 1.29 is 23.9 Å². The van der Waals surface area contributed by atoms with Crippen molar-refractivity contribution in [3.63, 3.8) is 0 Å². The molecule has 0 bridgehead atoms. The lowest BCUT2D eigenvalue weighted by Crippen LogP contribution is -2.46. The van der Waals surface area contributed by atoms with Crippen LogP contribution in [0.1, 0.15) is 62.5 Å². The summed E-state index contributed by atoms with van der Waals surface area (Å²) in [5.74, 6) is -0.130. The molecule has 0 aliphatic rings. The average Bonchev–Trinajstić information content (AvgIpc) is 2.81.